The van der Waals surface area contributed by atoms with E-state index in [1.807, 2.05) is 36.4 Å². The van der Waals surface area contributed by atoms with Crippen molar-refractivity contribution in [1.29, 1.82) is 0 Å². The molecule has 1 aliphatic carbocycles. The molecule has 1 fully saturated rings. The molecule has 2 atom stereocenters. The van der Waals surface area contributed by atoms with E-state index in [0.29, 0.717) is 18.8 Å². The first-order valence-corrected chi connectivity index (χ1v) is 11.1. The van der Waals surface area contributed by atoms with E-state index in [1.165, 1.54) is 17.7 Å². The predicted octanol–water partition coefficient (Wildman–Crippen LogP) is 4.23. The van der Waals surface area contributed by atoms with E-state index in [1.54, 1.807) is 11.3 Å². The molecular formula is C23H27NO4S. The second-order valence-corrected chi connectivity index (χ2v) is 8.66. The van der Waals surface area contributed by atoms with Crippen LogP contribution in [0.1, 0.15) is 54.0 Å². The van der Waals surface area contributed by atoms with Gasteiger partial charge in [-0.15, -0.1) is 11.3 Å². The summed E-state index contributed by atoms with van der Waals surface area (Å²) in [7, 11) is 0. The molecule has 0 bridgehead atoms. The van der Waals surface area contributed by atoms with Gasteiger partial charge in [0, 0.05) is 23.3 Å². The molecule has 0 unspecified atom stereocenters. The molecule has 0 radical (unpaired) electrons. The maximum absolute atomic E-state index is 12.8. The highest BCUT2D eigenvalue weighted by Crippen LogP contribution is 2.34. The quantitative estimate of drug-likeness (QED) is 0.713. The Balaban J connectivity index is 1.43. The Bertz CT molecular complexity index is 825. The minimum absolute atomic E-state index is 0.0274. The lowest BCUT2D eigenvalue weighted by Crippen LogP contribution is -2.37. The maximum Gasteiger partial charge on any atom is 0.286 e. The van der Waals surface area contributed by atoms with E-state index in [9.17, 15) is 9.90 Å². The summed E-state index contributed by atoms with van der Waals surface area (Å²) in [5, 5.41) is 14.3. The van der Waals surface area contributed by atoms with Crippen molar-refractivity contribution in [3.05, 3.63) is 69.6 Å². The van der Waals surface area contributed by atoms with Crippen molar-refractivity contribution in [2.24, 2.45) is 0 Å². The van der Waals surface area contributed by atoms with Crippen LogP contribution in [0.4, 0.5) is 0 Å². The normalized spacial score (nSPS) is 22.2. The van der Waals surface area contributed by atoms with Gasteiger partial charge in [0.2, 0.25) is 6.29 Å². The van der Waals surface area contributed by atoms with Crippen molar-refractivity contribution in [3.8, 4) is 0 Å². The smallest absolute Gasteiger partial charge is 0.286 e. The third-order valence-electron chi connectivity index (χ3n) is 5.52. The monoisotopic (exact) mass is 413 g/mol. The molecule has 2 aliphatic rings. The molecule has 29 heavy (non-hydrogen) atoms. The topological polar surface area (TPSA) is 67.8 Å². The Morgan fingerprint density at radius 3 is 2.62 bits per heavy atom. The number of hydrogen-bond acceptors (Lipinski definition) is 5. The highest BCUT2D eigenvalue weighted by atomic mass is 32.1. The lowest BCUT2D eigenvalue weighted by atomic mass is 9.99. The molecule has 1 aromatic carbocycles. The van der Waals surface area contributed by atoms with Gasteiger partial charge in [-0.1, -0.05) is 43.2 Å². The average molecular weight is 414 g/mol. The number of nitrogens with one attached hydrogen (secondary N) is 1. The molecule has 6 heteroatoms. The summed E-state index contributed by atoms with van der Waals surface area (Å²) in [6, 6.07) is 12.0. The molecular weight excluding hydrogens is 386 g/mol. The van der Waals surface area contributed by atoms with E-state index in [2.05, 4.69) is 16.8 Å². The zero-order valence-corrected chi connectivity index (χ0v) is 17.2. The van der Waals surface area contributed by atoms with Crippen molar-refractivity contribution in [1.82, 2.24) is 5.32 Å². The Kier molecular flexibility index (Phi) is 6.64. The zero-order chi connectivity index (χ0) is 20.1. The molecule has 2 aromatic rings. The number of carbonyl (C=O) groups excluding carboxylic acids is 1. The Morgan fingerprint density at radius 2 is 1.93 bits per heavy atom. The number of carbonyl (C=O) groups is 1. The van der Waals surface area contributed by atoms with Crippen LogP contribution < -0.4 is 5.32 Å². The average Bonchev–Trinajstić information content (AvgIpc) is 3.47. The third-order valence-corrected chi connectivity index (χ3v) is 6.53. The SMILES string of the molecule is O=C(NC1CCCC1)C1=C[C@@H](c2cccs2)C[C@@H](OCc2ccc(CO)cc2)O1. The second-order valence-electron chi connectivity index (χ2n) is 7.68. The largest absolute Gasteiger partial charge is 0.459 e. The zero-order valence-electron chi connectivity index (χ0n) is 16.4. The van der Waals surface area contributed by atoms with Crippen LogP contribution in [0.25, 0.3) is 0 Å². The van der Waals surface area contributed by atoms with Gasteiger partial charge in [0.1, 0.15) is 0 Å². The molecule has 1 aromatic heterocycles. The van der Waals surface area contributed by atoms with Crippen LogP contribution in [0.3, 0.4) is 0 Å². The maximum atomic E-state index is 12.8. The molecule has 2 N–H and O–H groups in total. The summed E-state index contributed by atoms with van der Waals surface area (Å²) < 4.78 is 12.0. The van der Waals surface area contributed by atoms with Crippen molar-refractivity contribution in [2.45, 2.75) is 63.6 Å². The number of benzene rings is 1. The molecule has 0 saturated heterocycles. The number of aliphatic hydroxyl groups is 1. The Hall–Kier alpha value is -2.15. The van der Waals surface area contributed by atoms with Crippen LogP contribution >= 0.6 is 11.3 Å². The molecule has 1 amide bonds. The van der Waals surface area contributed by atoms with Crippen LogP contribution in [0.2, 0.25) is 0 Å². The Labute approximate surface area is 175 Å². The molecule has 0 spiro atoms. The summed E-state index contributed by atoms with van der Waals surface area (Å²) in [5.41, 5.74) is 1.87. The Morgan fingerprint density at radius 1 is 1.17 bits per heavy atom. The number of hydrogen-bond donors (Lipinski definition) is 2. The van der Waals surface area contributed by atoms with Crippen LogP contribution in [0.5, 0.6) is 0 Å². The minimum Gasteiger partial charge on any atom is -0.459 e. The number of ether oxygens (including phenoxy) is 2. The van der Waals surface area contributed by atoms with E-state index in [4.69, 9.17) is 9.47 Å². The van der Waals surface area contributed by atoms with Gasteiger partial charge in [-0.2, -0.15) is 0 Å². The highest BCUT2D eigenvalue weighted by Gasteiger charge is 2.30. The molecule has 1 saturated carbocycles. The minimum atomic E-state index is -0.478. The molecule has 2 heterocycles. The second kappa shape index (κ2) is 9.57. The van der Waals surface area contributed by atoms with Crippen LogP contribution in [0.15, 0.2) is 53.6 Å². The third kappa shape index (κ3) is 5.26. The van der Waals surface area contributed by atoms with E-state index < -0.39 is 6.29 Å². The van der Waals surface area contributed by atoms with Crippen LogP contribution in [0, 0.1) is 0 Å². The number of aliphatic hydroxyl groups excluding tert-OH is 1. The van der Waals surface area contributed by atoms with Gasteiger partial charge in [0.25, 0.3) is 5.91 Å². The number of thiophene rings is 1. The van der Waals surface area contributed by atoms with Gasteiger partial charge in [-0.3, -0.25) is 4.79 Å². The predicted molar refractivity (Wildman–Crippen MR) is 112 cm³/mol. The van der Waals surface area contributed by atoms with Gasteiger partial charge in [0.05, 0.1) is 13.2 Å². The van der Waals surface area contributed by atoms with Crippen LogP contribution in [-0.2, 0) is 27.5 Å². The fourth-order valence-corrected chi connectivity index (χ4v) is 4.69. The lowest BCUT2D eigenvalue weighted by molar-refractivity contribution is -0.150. The summed E-state index contributed by atoms with van der Waals surface area (Å²) in [6.07, 6.45) is 6.55. The summed E-state index contributed by atoms with van der Waals surface area (Å²) in [6.45, 7) is 0.421. The molecule has 5 nitrogen and oxygen atoms in total. The van der Waals surface area contributed by atoms with Crippen molar-refractivity contribution in [3.63, 3.8) is 0 Å². The van der Waals surface area contributed by atoms with Gasteiger partial charge in [-0.05, 0) is 41.5 Å². The van der Waals surface area contributed by atoms with E-state index in [0.717, 1.165) is 24.0 Å². The molecule has 1 aliphatic heterocycles. The van der Waals surface area contributed by atoms with Crippen molar-refractivity contribution in [2.75, 3.05) is 0 Å². The van der Waals surface area contributed by atoms with Gasteiger partial charge in [0.15, 0.2) is 5.76 Å². The van der Waals surface area contributed by atoms with Crippen molar-refractivity contribution < 1.29 is 19.4 Å². The lowest BCUT2D eigenvalue weighted by Gasteiger charge is -2.29. The fourth-order valence-electron chi connectivity index (χ4n) is 3.88. The fraction of sp³-hybridized carbons (Fsp3) is 0.435. The number of allylic oxidation sites excluding steroid dienone is 1. The van der Waals surface area contributed by atoms with E-state index in [-0.39, 0.29) is 24.5 Å². The number of rotatable bonds is 7. The molecule has 154 valence electrons. The molecule has 4 rings (SSSR count). The van der Waals surface area contributed by atoms with Gasteiger partial charge in [-0.25, -0.2) is 0 Å². The summed E-state index contributed by atoms with van der Waals surface area (Å²) in [4.78, 5) is 14.0. The standard InChI is InChI=1S/C23H27NO4S/c25-14-16-7-9-17(10-8-16)15-27-22-13-18(21-6-3-11-29-21)12-20(28-22)23(26)24-19-4-1-2-5-19/h3,6-12,18-19,22,25H,1-2,4-5,13-15H2,(H,24,26)/t18-,22+/m1/s1. The van der Waals surface area contributed by atoms with Crippen LogP contribution in [-0.4, -0.2) is 23.3 Å². The first-order chi connectivity index (χ1) is 14.2. The van der Waals surface area contributed by atoms with Gasteiger partial charge >= 0.3 is 0 Å². The first-order valence-electron chi connectivity index (χ1n) is 10.2. The first kappa shape index (κ1) is 20.1. The van der Waals surface area contributed by atoms with Crippen molar-refractivity contribution >= 4 is 17.2 Å². The summed E-state index contributed by atoms with van der Waals surface area (Å²) >= 11 is 1.69. The summed E-state index contributed by atoms with van der Waals surface area (Å²) in [5.74, 6) is 0.330. The highest BCUT2D eigenvalue weighted by molar-refractivity contribution is 7.10. The number of amides is 1. The van der Waals surface area contributed by atoms with E-state index >= 15 is 0 Å². The van der Waals surface area contributed by atoms with Gasteiger partial charge < -0.3 is 19.9 Å².